The van der Waals surface area contributed by atoms with Crippen LogP contribution in [0.4, 0.5) is 0 Å². The molecule has 0 saturated carbocycles. The molecule has 0 aliphatic carbocycles. The third-order valence-electron chi connectivity index (χ3n) is 3.15. The second-order valence-corrected chi connectivity index (χ2v) is 4.56. The van der Waals surface area contributed by atoms with Crippen LogP contribution in [0.3, 0.4) is 0 Å². The van der Waals surface area contributed by atoms with Crippen LogP contribution in [-0.4, -0.2) is 21.6 Å². The summed E-state index contributed by atoms with van der Waals surface area (Å²) < 4.78 is 5.69. The minimum absolute atomic E-state index is 0.106. The Labute approximate surface area is 94.1 Å². The highest BCUT2D eigenvalue weighted by Gasteiger charge is 2.28. The molecule has 2 aromatic heterocycles. The molecule has 3 heterocycles. The van der Waals surface area contributed by atoms with E-state index >= 15 is 0 Å². The lowest BCUT2D eigenvalue weighted by molar-refractivity contribution is 0.0882. The molecular weight excluding hydrogens is 202 g/mol. The van der Waals surface area contributed by atoms with Crippen LogP contribution >= 0.6 is 0 Å². The lowest BCUT2D eigenvalue weighted by atomic mass is 10.0. The average Bonchev–Trinajstić information content (AvgIpc) is 2.82. The molecule has 84 valence electrons. The van der Waals surface area contributed by atoms with Gasteiger partial charge in [-0.1, -0.05) is 6.92 Å². The SMILES string of the molecule is Cc1cnc2nc(C3OCCC3C)[nH]c2c1. The number of hydrogen-bond acceptors (Lipinski definition) is 3. The van der Waals surface area contributed by atoms with Crippen molar-refractivity contribution in [3.05, 3.63) is 23.7 Å². The van der Waals surface area contributed by atoms with Gasteiger partial charge in [-0.25, -0.2) is 9.97 Å². The molecule has 1 aliphatic heterocycles. The van der Waals surface area contributed by atoms with Crippen LogP contribution in [0.15, 0.2) is 12.3 Å². The molecule has 2 atom stereocenters. The first-order chi connectivity index (χ1) is 7.74. The Morgan fingerprint density at radius 3 is 3.12 bits per heavy atom. The van der Waals surface area contributed by atoms with E-state index in [1.807, 2.05) is 13.1 Å². The number of rotatable bonds is 1. The first-order valence-electron chi connectivity index (χ1n) is 5.68. The number of aromatic nitrogens is 3. The van der Waals surface area contributed by atoms with Gasteiger partial charge in [0.25, 0.3) is 0 Å². The lowest BCUT2D eigenvalue weighted by Crippen LogP contribution is -2.05. The van der Waals surface area contributed by atoms with Crippen LogP contribution in [0.2, 0.25) is 0 Å². The molecule has 2 unspecified atom stereocenters. The molecule has 2 aromatic rings. The summed E-state index contributed by atoms with van der Waals surface area (Å²) >= 11 is 0. The molecule has 16 heavy (non-hydrogen) atoms. The second-order valence-electron chi connectivity index (χ2n) is 4.56. The van der Waals surface area contributed by atoms with Crippen molar-refractivity contribution in [2.75, 3.05) is 6.61 Å². The lowest BCUT2D eigenvalue weighted by Gasteiger charge is -2.10. The fraction of sp³-hybridized carbons (Fsp3) is 0.500. The number of aromatic amines is 1. The Hall–Kier alpha value is -1.42. The molecule has 0 amide bonds. The van der Waals surface area contributed by atoms with E-state index in [9.17, 15) is 0 Å². The predicted octanol–water partition coefficient (Wildman–Crippen LogP) is 2.36. The number of aryl methyl sites for hydroxylation is 1. The summed E-state index contributed by atoms with van der Waals surface area (Å²) in [7, 11) is 0. The van der Waals surface area contributed by atoms with Crippen molar-refractivity contribution in [3.63, 3.8) is 0 Å². The fourth-order valence-corrected chi connectivity index (χ4v) is 2.20. The van der Waals surface area contributed by atoms with Crippen molar-refractivity contribution in [3.8, 4) is 0 Å². The van der Waals surface area contributed by atoms with E-state index in [0.29, 0.717) is 5.92 Å². The van der Waals surface area contributed by atoms with E-state index in [0.717, 1.165) is 35.6 Å². The first-order valence-corrected chi connectivity index (χ1v) is 5.68. The molecule has 4 heteroatoms. The number of ether oxygens (including phenoxy) is 1. The minimum Gasteiger partial charge on any atom is -0.370 e. The molecular formula is C12H15N3O. The van der Waals surface area contributed by atoms with Crippen LogP contribution in [0, 0.1) is 12.8 Å². The summed E-state index contributed by atoms with van der Waals surface area (Å²) in [6.45, 7) is 5.06. The Balaban J connectivity index is 2.04. The number of imidazole rings is 1. The fourth-order valence-electron chi connectivity index (χ4n) is 2.20. The van der Waals surface area contributed by atoms with Crippen LogP contribution in [0.1, 0.15) is 30.8 Å². The Bertz CT molecular complexity index is 520. The van der Waals surface area contributed by atoms with Gasteiger partial charge in [-0.2, -0.15) is 0 Å². The summed E-state index contributed by atoms with van der Waals surface area (Å²) in [5.41, 5.74) is 2.92. The van der Waals surface area contributed by atoms with Gasteiger partial charge in [0.2, 0.25) is 0 Å². The topological polar surface area (TPSA) is 50.8 Å². The number of fused-ring (bicyclic) bond motifs is 1. The number of pyridine rings is 1. The van der Waals surface area contributed by atoms with Crippen molar-refractivity contribution in [2.45, 2.75) is 26.4 Å². The normalized spacial score (nSPS) is 25.4. The van der Waals surface area contributed by atoms with Gasteiger partial charge in [0, 0.05) is 12.8 Å². The molecule has 0 bridgehead atoms. The summed E-state index contributed by atoms with van der Waals surface area (Å²) in [5.74, 6) is 1.44. The summed E-state index contributed by atoms with van der Waals surface area (Å²) in [4.78, 5) is 12.1. The van der Waals surface area contributed by atoms with Gasteiger partial charge in [-0.05, 0) is 30.9 Å². The zero-order valence-electron chi connectivity index (χ0n) is 9.53. The van der Waals surface area contributed by atoms with Crippen LogP contribution in [0.25, 0.3) is 11.2 Å². The van der Waals surface area contributed by atoms with Crippen LogP contribution in [-0.2, 0) is 4.74 Å². The Kier molecular flexibility index (Phi) is 2.17. The highest BCUT2D eigenvalue weighted by molar-refractivity contribution is 5.71. The summed E-state index contributed by atoms with van der Waals surface area (Å²) in [6.07, 6.45) is 3.05. The highest BCUT2D eigenvalue weighted by Crippen LogP contribution is 2.33. The van der Waals surface area contributed by atoms with E-state index in [4.69, 9.17) is 4.74 Å². The van der Waals surface area contributed by atoms with Crippen LogP contribution < -0.4 is 0 Å². The quantitative estimate of drug-likeness (QED) is 0.797. The molecule has 3 rings (SSSR count). The van der Waals surface area contributed by atoms with Crippen molar-refractivity contribution >= 4 is 11.2 Å². The molecule has 1 saturated heterocycles. The minimum atomic E-state index is 0.106. The van der Waals surface area contributed by atoms with Crippen molar-refractivity contribution in [2.24, 2.45) is 5.92 Å². The number of nitrogens with zero attached hydrogens (tertiary/aromatic N) is 2. The maximum Gasteiger partial charge on any atom is 0.177 e. The van der Waals surface area contributed by atoms with Crippen molar-refractivity contribution in [1.29, 1.82) is 0 Å². The molecule has 0 aromatic carbocycles. The van der Waals surface area contributed by atoms with Gasteiger partial charge < -0.3 is 9.72 Å². The second kappa shape index (κ2) is 3.56. The van der Waals surface area contributed by atoms with Crippen LogP contribution in [0.5, 0.6) is 0 Å². The van der Waals surface area contributed by atoms with E-state index < -0.39 is 0 Å². The molecule has 4 nitrogen and oxygen atoms in total. The maximum absolute atomic E-state index is 5.69. The van der Waals surface area contributed by atoms with Gasteiger partial charge in [-0.15, -0.1) is 0 Å². The number of hydrogen-bond donors (Lipinski definition) is 1. The third kappa shape index (κ3) is 1.50. The van der Waals surface area contributed by atoms with E-state index in [1.165, 1.54) is 0 Å². The summed E-state index contributed by atoms with van der Waals surface area (Å²) in [6, 6.07) is 2.07. The predicted molar refractivity (Wildman–Crippen MR) is 61.1 cm³/mol. The Morgan fingerprint density at radius 1 is 1.50 bits per heavy atom. The van der Waals surface area contributed by atoms with Gasteiger partial charge in [0.1, 0.15) is 11.9 Å². The monoisotopic (exact) mass is 217 g/mol. The van der Waals surface area contributed by atoms with E-state index in [2.05, 4.69) is 27.9 Å². The summed E-state index contributed by atoms with van der Waals surface area (Å²) in [5, 5.41) is 0. The largest absolute Gasteiger partial charge is 0.370 e. The van der Waals surface area contributed by atoms with Gasteiger partial charge in [0.05, 0.1) is 5.52 Å². The van der Waals surface area contributed by atoms with Gasteiger partial charge in [-0.3, -0.25) is 0 Å². The molecule has 1 fully saturated rings. The molecule has 0 spiro atoms. The first kappa shape index (κ1) is 9.78. The van der Waals surface area contributed by atoms with E-state index in [-0.39, 0.29) is 6.10 Å². The average molecular weight is 217 g/mol. The number of nitrogens with one attached hydrogen (secondary N) is 1. The van der Waals surface area contributed by atoms with Crippen molar-refractivity contribution < 1.29 is 4.74 Å². The smallest absolute Gasteiger partial charge is 0.177 e. The molecule has 1 aliphatic rings. The zero-order chi connectivity index (χ0) is 11.1. The zero-order valence-corrected chi connectivity index (χ0v) is 9.53. The number of H-pyrrole nitrogens is 1. The van der Waals surface area contributed by atoms with E-state index in [1.54, 1.807) is 0 Å². The Morgan fingerprint density at radius 2 is 2.38 bits per heavy atom. The molecule has 1 N–H and O–H groups in total. The van der Waals surface area contributed by atoms with Gasteiger partial charge >= 0.3 is 0 Å². The standard InChI is InChI=1S/C12H15N3O/c1-7-5-9-11(13-6-7)15-12(14-9)10-8(2)3-4-16-10/h5-6,8,10H,3-4H2,1-2H3,(H,13,14,15). The van der Waals surface area contributed by atoms with Gasteiger partial charge in [0.15, 0.2) is 5.65 Å². The highest BCUT2D eigenvalue weighted by atomic mass is 16.5. The van der Waals surface area contributed by atoms with Crippen molar-refractivity contribution in [1.82, 2.24) is 15.0 Å². The third-order valence-corrected chi connectivity index (χ3v) is 3.15. The molecule has 0 radical (unpaired) electrons. The maximum atomic E-state index is 5.69.